The lowest BCUT2D eigenvalue weighted by Gasteiger charge is -2.18. The monoisotopic (exact) mass is 425 g/mol. The fourth-order valence-corrected chi connectivity index (χ4v) is 2.49. The first kappa shape index (κ1) is 20.3. The van der Waals surface area contributed by atoms with E-state index >= 15 is 0 Å². The SMILES string of the molecule is Cc1nc(OC(C)c2cc(F)cc(F)c2)c(Br)cc1/N=C/N(C)C(C)C. The molecular weight excluding hydrogens is 404 g/mol. The highest BCUT2D eigenvalue weighted by molar-refractivity contribution is 9.10. The molecule has 0 radical (unpaired) electrons. The lowest BCUT2D eigenvalue weighted by atomic mass is 10.1. The molecule has 0 fully saturated rings. The van der Waals surface area contributed by atoms with Crippen LogP contribution in [0.25, 0.3) is 0 Å². The summed E-state index contributed by atoms with van der Waals surface area (Å²) in [6.45, 7) is 7.68. The van der Waals surface area contributed by atoms with Crippen molar-refractivity contribution in [2.45, 2.75) is 39.8 Å². The van der Waals surface area contributed by atoms with Crippen molar-refractivity contribution >= 4 is 28.0 Å². The lowest BCUT2D eigenvalue weighted by molar-refractivity contribution is 0.214. The number of halogens is 3. The Morgan fingerprint density at radius 2 is 1.77 bits per heavy atom. The van der Waals surface area contributed by atoms with Gasteiger partial charge in [-0.25, -0.2) is 18.8 Å². The standard InChI is InChI=1S/C19H22BrF2N3O/c1-11(2)25(5)10-23-18-9-17(20)19(24-12(18)3)26-13(4)14-6-15(21)8-16(22)7-14/h6-11,13H,1-5H3/b23-10+. The van der Waals surface area contributed by atoms with Gasteiger partial charge in [-0.15, -0.1) is 0 Å². The van der Waals surface area contributed by atoms with Crippen LogP contribution in [-0.2, 0) is 0 Å². The second-order valence-electron chi connectivity index (χ2n) is 6.35. The number of ether oxygens (including phenoxy) is 1. The molecule has 4 nitrogen and oxygen atoms in total. The first-order valence-electron chi connectivity index (χ1n) is 8.23. The van der Waals surface area contributed by atoms with E-state index < -0.39 is 17.7 Å². The molecule has 1 unspecified atom stereocenters. The number of benzene rings is 1. The molecule has 1 heterocycles. The number of nitrogens with zero attached hydrogens (tertiary/aromatic N) is 3. The number of aromatic nitrogens is 1. The van der Waals surface area contributed by atoms with E-state index in [-0.39, 0.29) is 0 Å². The van der Waals surface area contributed by atoms with Crippen LogP contribution in [-0.4, -0.2) is 29.3 Å². The van der Waals surface area contributed by atoms with E-state index in [1.54, 1.807) is 19.3 Å². The predicted molar refractivity (Wildman–Crippen MR) is 103 cm³/mol. The topological polar surface area (TPSA) is 37.7 Å². The van der Waals surface area contributed by atoms with E-state index in [1.807, 2.05) is 18.9 Å². The van der Waals surface area contributed by atoms with E-state index in [0.717, 1.165) is 6.07 Å². The van der Waals surface area contributed by atoms with Crippen molar-refractivity contribution in [3.05, 3.63) is 51.6 Å². The average molecular weight is 426 g/mol. The van der Waals surface area contributed by atoms with Gasteiger partial charge in [-0.3, -0.25) is 0 Å². The first-order valence-corrected chi connectivity index (χ1v) is 9.02. The second-order valence-corrected chi connectivity index (χ2v) is 7.20. The van der Waals surface area contributed by atoms with Crippen LogP contribution in [0.1, 0.15) is 38.1 Å². The highest BCUT2D eigenvalue weighted by Crippen LogP contribution is 2.32. The summed E-state index contributed by atoms with van der Waals surface area (Å²) in [6.07, 6.45) is 1.18. The Balaban J connectivity index is 2.21. The Bertz CT molecular complexity index is 791. The summed E-state index contributed by atoms with van der Waals surface area (Å²) in [5.74, 6) is -0.939. The molecule has 1 aromatic heterocycles. The van der Waals surface area contributed by atoms with E-state index in [0.29, 0.717) is 33.3 Å². The number of hydrogen-bond donors (Lipinski definition) is 0. The molecule has 0 amide bonds. The van der Waals surface area contributed by atoms with Gasteiger partial charge in [0.2, 0.25) is 5.88 Å². The lowest BCUT2D eigenvalue weighted by Crippen LogP contribution is -2.24. The van der Waals surface area contributed by atoms with Crippen LogP contribution in [0.4, 0.5) is 14.5 Å². The van der Waals surface area contributed by atoms with Crippen molar-refractivity contribution in [2.24, 2.45) is 4.99 Å². The number of rotatable bonds is 6. The quantitative estimate of drug-likeness (QED) is 0.448. The van der Waals surface area contributed by atoms with E-state index in [2.05, 4.69) is 39.8 Å². The molecule has 2 rings (SSSR count). The Kier molecular flexibility index (Phi) is 6.69. The zero-order chi connectivity index (χ0) is 19.4. The summed E-state index contributed by atoms with van der Waals surface area (Å²) >= 11 is 3.42. The van der Waals surface area contributed by atoms with Crippen molar-refractivity contribution in [3.8, 4) is 5.88 Å². The third kappa shape index (κ3) is 5.24. The summed E-state index contributed by atoms with van der Waals surface area (Å²) in [5.41, 5.74) is 1.80. The summed E-state index contributed by atoms with van der Waals surface area (Å²) in [6, 6.07) is 5.46. The average Bonchev–Trinajstić information content (AvgIpc) is 2.55. The van der Waals surface area contributed by atoms with Crippen molar-refractivity contribution in [2.75, 3.05) is 7.05 Å². The third-order valence-corrected chi connectivity index (χ3v) is 4.51. The fourth-order valence-electron chi connectivity index (χ4n) is 2.09. The van der Waals surface area contributed by atoms with Crippen LogP contribution in [0.3, 0.4) is 0 Å². The summed E-state index contributed by atoms with van der Waals surface area (Å²) < 4.78 is 33.2. The minimum absolute atomic E-state index is 0.338. The fraction of sp³-hybridized carbons (Fsp3) is 0.368. The van der Waals surface area contributed by atoms with Crippen LogP contribution in [0.5, 0.6) is 5.88 Å². The number of pyridine rings is 1. The molecule has 0 bridgehead atoms. The molecule has 0 saturated carbocycles. The first-order chi connectivity index (χ1) is 12.2. The Morgan fingerprint density at radius 1 is 1.15 bits per heavy atom. The van der Waals surface area contributed by atoms with Crippen LogP contribution in [0.15, 0.2) is 33.7 Å². The maximum absolute atomic E-state index is 13.4. The highest BCUT2D eigenvalue weighted by atomic mass is 79.9. The van der Waals surface area contributed by atoms with Gasteiger partial charge in [0.1, 0.15) is 17.7 Å². The number of hydrogen-bond acceptors (Lipinski definition) is 3. The number of aliphatic imine (C=N–C) groups is 1. The van der Waals surface area contributed by atoms with Gasteiger partial charge in [0, 0.05) is 19.2 Å². The van der Waals surface area contributed by atoms with Crippen LogP contribution in [0.2, 0.25) is 0 Å². The van der Waals surface area contributed by atoms with Crippen LogP contribution in [0, 0.1) is 18.6 Å². The summed E-state index contributed by atoms with van der Waals surface area (Å²) in [7, 11) is 1.95. The smallest absolute Gasteiger partial charge is 0.228 e. The van der Waals surface area contributed by atoms with Gasteiger partial charge >= 0.3 is 0 Å². The van der Waals surface area contributed by atoms with Gasteiger partial charge in [0.25, 0.3) is 0 Å². The third-order valence-electron chi connectivity index (χ3n) is 3.94. The van der Waals surface area contributed by atoms with Gasteiger partial charge < -0.3 is 9.64 Å². The maximum Gasteiger partial charge on any atom is 0.228 e. The van der Waals surface area contributed by atoms with Crippen LogP contribution < -0.4 is 4.74 Å². The zero-order valence-corrected chi connectivity index (χ0v) is 17.0. The van der Waals surface area contributed by atoms with E-state index in [1.165, 1.54) is 12.1 Å². The van der Waals surface area contributed by atoms with Crippen LogP contribution >= 0.6 is 15.9 Å². The molecule has 0 aliphatic rings. The molecule has 1 atom stereocenters. The molecule has 26 heavy (non-hydrogen) atoms. The Morgan fingerprint density at radius 3 is 2.35 bits per heavy atom. The molecule has 0 aliphatic carbocycles. The van der Waals surface area contributed by atoms with Gasteiger partial charge in [0.05, 0.1) is 22.2 Å². The molecule has 0 saturated heterocycles. The minimum atomic E-state index is -0.641. The van der Waals surface area contributed by atoms with Gasteiger partial charge in [-0.1, -0.05) is 0 Å². The Labute approximate surface area is 161 Å². The molecule has 7 heteroatoms. The molecule has 1 aromatic carbocycles. The van der Waals surface area contributed by atoms with Crippen molar-refractivity contribution < 1.29 is 13.5 Å². The van der Waals surface area contributed by atoms with Gasteiger partial charge in [0.15, 0.2) is 0 Å². The molecule has 2 aromatic rings. The largest absolute Gasteiger partial charge is 0.469 e. The molecule has 0 spiro atoms. The normalized spacial score (nSPS) is 12.7. The molecule has 0 aliphatic heterocycles. The number of aryl methyl sites for hydroxylation is 1. The zero-order valence-electron chi connectivity index (χ0n) is 15.4. The molecule has 140 valence electrons. The van der Waals surface area contributed by atoms with Crippen molar-refractivity contribution in [3.63, 3.8) is 0 Å². The predicted octanol–water partition coefficient (Wildman–Crippen LogP) is 5.57. The second kappa shape index (κ2) is 8.58. The highest BCUT2D eigenvalue weighted by Gasteiger charge is 2.15. The molecule has 0 N–H and O–H groups in total. The molecular formula is C19H22BrF2N3O. The summed E-state index contributed by atoms with van der Waals surface area (Å²) in [5, 5.41) is 0. The summed E-state index contributed by atoms with van der Waals surface area (Å²) in [4.78, 5) is 10.8. The Hall–Kier alpha value is -2.02. The van der Waals surface area contributed by atoms with Crippen molar-refractivity contribution in [1.29, 1.82) is 0 Å². The van der Waals surface area contributed by atoms with Gasteiger partial charge in [-0.2, -0.15) is 0 Å². The van der Waals surface area contributed by atoms with Gasteiger partial charge in [-0.05, 0) is 67.4 Å². The maximum atomic E-state index is 13.4. The minimum Gasteiger partial charge on any atom is -0.469 e. The van der Waals surface area contributed by atoms with E-state index in [4.69, 9.17) is 4.74 Å². The van der Waals surface area contributed by atoms with E-state index in [9.17, 15) is 8.78 Å². The van der Waals surface area contributed by atoms with Crippen molar-refractivity contribution in [1.82, 2.24) is 9.88 Å².